The van der Waals surface area contributed by atoms with Gasteiger partial charge >= 0.3 is 5.97 Å². The summed E-state index contributed by atoms with van der Waals surface area (Å²) >= 11 is 11.6. The smallest absolute Gasteiger partial charge is 0.303 e. The molecule has 0 saturated carbocycles. The number of hydrogen-bond acceptors (Lipinski definition) is 2. The Morgan fingerprint density at radius 3 is 2.42 bits per heavy atom. The van der Waals surface area contributed by atoms with Crippen LogP contribution in [-0.4, -0.2) is 22.5 Å². The molecule has 2 N–H and O–H groups in total. The standard InChI is InChI=1S/C13H15Cl2NO3/c1-13(2,6-5-11(17)18)16-12(19)8-3-4-9(14)10(15)7-8/h3-4,7H,5-6H2,1-2H3,(H,16,19)(H,17,18). The van der Waals surface area contributed by atoms with Gasteiger partial charge in [0.15, 0.2) is 0 Å². The fourth-order valence-corrected chi connectivity index (χ4v) is 1.80. The van der Waals surface area contributed by atoms with Crippen LogP contribution in [0.5, 0.6) is 0 Å². The molecule has 0 aliphatic heterocycles. The third-order valence-corrected chi connectivity index (χ3v) is 3.34. The third kappa shape index (κ3) is 5.09. The highest BCUT2D eigenvalue weighted by Gasteiger charge is 2.22. The molecule has 0 unspecified atom stereocenters. The summed E-state index contributed by atoms with van der Waals surface area (Å²) in [5.74, 6) is -1.20. The Labute approximate surface area is 121 Å². The summed E-state index contributed by atoms with van der Waals surface area (Å²) in [7, 11) is 0. The molecule has 1 amide bonds. The summed E-state index contributed by atoms with van der Waals surface area (Å²) in [6.07, 6.45) is 0.337. The summed E-state index contributed by atoms with van der Waals surface area (Å²) in [6, 6.07) is 4.59. The van der Waals surface area contributed by atoms with Gasteiger partial charge in [-0.3, -0.25) is 9.59 Å². The average Bonchev–Trinajstić information content (AvgIpc) is 2.29. The highest BCUT2D eigenvalue weighted by Crippen LogP contribution is 2.23. The molecular weight excluding hydrogens is 289 g/mol. The normalized spacial score (nSPS) is 11.2. The number of halogens is 2. The first-order chi connectivity index (χ1) is 8.71. The molecule has 0 radical (unpaired) electrons. The maximum Gasteiger partial charge on any atom is 0.303 e. The number of carboxylic acids is 1. The number of amides is 1. The van der Waals surface area contributed by atoms with Crippen LogP contribution in [0, 0.1) is 0 Å². The molecule has 1 rings (SSSR count). The van der Waals surface area contributed by atoms with Gasteiger partial charge in [0, 0.05) is 17.5 Å². The summed E-state index contributed by atoms with van der Waals surface area (Å²) < 4.78 is 0. The molecule has 0 saturated heterocycles. The Hall–Kier alpha value is -1.26. The predicted molar refractivity (Wildman–Crippen MR) is 74.9 cm³/mol. The fraction of sp³-hybridized carbons (Fsp3) is 0.385. The second kappa shape index (κ2) is 6.26. The second-order valence-corrected chi connectivity index (χ2v) is 5.68. The third-order valence-electron chi connectivity index (χ3n) is 2.60. The maximum atomic E-state index is 12.0. The quantitative estimate of drug-likeness (QED) is 0.876. The number of benzene rings is 1. The minimum atomic E-state index is -0.892. The Balaban J connectivity index is 2.72. The summed E-state index contributed by atoms with van der Waals surface area (Å²) in [4.78, 5) is 22.5. The molecule has 0 bridgehead atoms. The molecule has 6 heteroatoms. The highest BCUT2D eigenvalue weighted by atomic mass is 35.5. The highest BCUT2D eigenvalue weighted by molar-refractivity contribution is 6.42. The lowest BCUT2D eigenvalue weighted by molar-refractivity contribution is -0.137. The van der Waals surface area contributed by atoms with Crippen molar-refractivity contribution in [2.75, 3.05) is 0 Å². The van der Waals surface area contributed by atoms with Gasteiger partial charge in [-0.2, -0.15) is 0 Å². The maximum absolute atomic E-state index is 12.0. The number of aliphatic carboxylic acids is 1. The van der Waals surface area contributed by atoms with Gasteiger partial charge in [-0.25, -0.2) is 0 Å². The van der Waals surface area contributed by atoms with Crippen molar-refractivity contribution < 1.29 is 14.7 Å². The molecule has 4 nitrogen and oxygen atoms in total. The van der Waals surface area contributed by atoms with Crippen LogP contribution in [-0.2, 0) is 4.79 Å². The molecule has 0 aliphatic rings. The average molecular weight is 304 g/mol. The Kier molecular flexibility index (Phi) is 5.20. The van der Waals surface area contributed by atoms with Crippen LogP contribution < -0.4 is 5.32 Å². The zero-order valence-electron chi connectivity index (χ0n) is 10.7. The van der Waals surface area contributed by atoms with Crippen molar-refractivity contribution in [2.24, 2.45) is 0 Å². The van der Waals surface area contributed by atoms with Crippen LogP contribution in [0.3, 0.4) is 0 Å². The van der Waals surface area contributed by atoms with Crippen LogP contribution in [0.25, 0.3) is 0 Å². The number of rotatable bonds is 5. The van der Waals surface area contributed by atoms with Gasteiger partial charge in [0.2, 0.25) is 0 Å². The van der Waals surface area contributed by atoms with Gasteiger partial charge in [0.1, 0.15) is 0 Å². The SMILES string of the molecule is CC(C)(CCC(=O)O)NC(=O)c1ccc(Cl)c(Cl)c1. The number of carboxylic acid groups (broad SMARTS) is 1. The van der Waals surface area contributed by atoms with Gasteiger partial charge in [-0.1, -0.05) is 23.2 Å². The van der Waals surface area contributed by atoms with Crippen molar-refractivity contribution in [3.05, 3.63) is 33.8 Å². The van der Waals surface area contributed by atoms with E-state index in [0.29, 0.717) is 22.0 Å². The van der Waals surface area contributed by atoms with E-state index in [2.05, 4.69) is 5.32 Å². The molecule has 0 spiro atoms. The number of carbonyl (C=O) groups excluding carboxylic acids is 1. The van der Waals surface area contributed by atoms with E-state index in [4.69, 9.17) is 28.3 Å². The Bertz CT molecular complexity index is 501. The van der Waals surface area contributed by atoms with E-state index >= 15 is 0 Å². The minimum absolute atomic E-state index is 0.00530. The van der Waals surface area contributed by atoms with Gasteiger partial charge < -0.3 is 10.4 Å². The number of hydrogen-bond donors (Lipinski definition) is 2. The Morgan fingerprint density at radius 1 is 1.26 bits per heavy atom. The van der Waals surface area contributed by atoms with Crippen molar-refractivity contribution in [1.29, 1.82) is 0 Å². The summed E-state index contributed by atoms with van der Waals surface area (Å²) in [6.45, 7) is 3.54. The summed E-state index contributed by atoms with van der Waals surface area (Å²) in [5, 5.41) is 12.1. The van der Waals surface area contributed by atoms with Crippen molar-refractivity contribution >= 4 is 35.1 Å². The van der Waals surface area contributed by atoms with Crippen molar-refractivity contribution in [1.82, 2.24) is 5.32 Å². The van der Waals surface area contributed by atoms with E-state index in [1.807, 2.05) is 0 Å². The molecular formula is C13H15Cl2NO3. The van der Waals surface area contributed by atoms with Crippen LogP contribution in [0.1, 0.15) is 37.0 Å². The lowest BCUT2D eigenvalue weighted by Gasteiger charge is -2.25. The van der Waals surface area contributed by atoms with E-state index in [1.54, 1.807) is 26.0 Å². The van der Waals surface area contributed by atoms with Gasteiger partial charge in [0.05, 0.1) is 10.0 Å². The molecule has 0 aliphatic carbocycles. The first-order valence-electron chi connectivity index (χ1n) is 5.70. The second-order valence-electron chi connectivity index (χ2n) is 4.86. The molecule has 1 aromatic rings. The van der Waals surface area contributed by atoms with Gasteiger partial charge in [-0.05, 0) is 38.5 Å². The van der Waals surface area contributed by atoms with Gasteiger partial charge in [-0.15, -0.1) is 0 Å². The van der Waals surface area contributed by atoms with E-state index in [1.165, 1.54) is 6.07 Å². The van der Waals surface area contributed by atoms with E-state index in [0.717, 1.165) is 0 Å². The zero-order chi connectivity index (χ0) is 14.6. The first kappa shape index (κ1) is 15.8. The van der Waals surface area contributed by atoms with E-state index in [-0.39, 0.29) is 12.3 Å². The van der Waals surface area contributed by atoms with Crippen LogP contribution in [0.2, 0.25) is 10.0 Å². The van der Waals surface area contributed by atoms with Crippen LogP contribution in [0.4, 0.5) is 0 Å². The molecule has 0 fully saturated rings. The molecule has 1 aromatic carbocycles. The Morgan fingerprint density at radius 2 is 1.89 bits per heavy atom. The predicted octanol–water partition coefficient (Wildman–Crippen LogP) is 3.37. The van der Waals surface area contributed by atoms with Crippen molar-refractivity contribution in [3.63, 3.8) is 0 Å². The van der Waals surface area contributed by atoms with Crippen LogP contribution in [0.15, 0.2) is 18.2 Å². The van der Waals surface area contributed by atoms with Crippen molar-refractivity contribution in [3.8, 4) is 0 Å². The molecule has 0 atom stereocenters. The lowest BCUT2D eigenvalue weighted by atomic mass is 9.98. The summed E-state index contributed by atoms with van der Waals surface area (Å²) in [5.41, 5.74) is -0.223. The fourth-order valence-electron chi connectivity index (χ4n) is 1.50. The topological polar surface area (TPSA) is 66.4 Å². The minimum Gasteiger partial charge on any atom is -0.481 e. The number of nitrogens with one attached hydrogen (secondary N) is 1. The monoisotopic (exact) mass is 303 g/mol. The largest absolute Gasteiger partial charge is 0.481 e. The van der Waals surface area contributed by atoms with E-state index < -0.39 is 11.5 Å². The zero-order valence-corrected chi connectivity index (χ0v) is 12.2. The molecule has 0 heterocycles. The lowest BCUT2D eigenvalue weighted by Crippen LogP contribution is -2.43. The molecule has 104 valence electrons. The van der Waals surface area contributed by atoms with E-state index in [9.17, 15) is 9.59 Å². The first-order valence-corrected chi connectivity index (χ1v) is 6.46. The van der Waals surface area contributed by atoms with Crippen molar-refractivity contribution in [2.45, 2.75) is 32.2 Å². The van der Waals surface area contributed by atoms with Gasteiger partial charge in [0.25, 0.3) is 5.91 Å². The number of carbonyl (C=O) groups is 2. The molecule has 19 heavy (non-hydrogen) atoms. The molecule has 0 aromatic heterocycles. The van der Waals surface area contributed by atoms with Crippen LogP contribution >= 0.6 is 23.2 Å².